The smallest absolute Gasteiger partial charge is 0.163 e. The van der Waals surface area contributed by atoms with Gasteiger partial charge in [0, 0.05) is 4.47 Å². The van der Waals surface area contributed by atoms with Crippen molar-refractivity contribution in [1.82, 2.24) is 10.2 Å². The first-order chi connectivity index (χ1) is 11.7. The average Bonchev–Trinajstić information content (AvgIpc) is 2.60. The molecular weight excluding hydrogens is 371 g/mol. The van der Waals surface area contributed by atoms with Crippen LogP contribution < -0.4 is 5.32 Å². The molecule has 0 saturated heterocycles. The molecule has 0 radical (unpaired) electrons. The van der Waals surface area contributed by atoms with Gasteiger partial charge in [-0.1, -0.05) is 40.2 Å². The summed E-state index contributed by atoms with van der Waals surface area (Å²) in [6.07, 6.45) is 0. The van der Waals surface area contributed by atoms with E-state index in [0.717, 1.165) is 15.6 Å². The summed E-state index contributed by atoms with van der Waals surface area (Å²) in [6.45, 7) is 0. The number of hydrogen-bond donors (Lipinski definition) is 1. The van der Waals surface area contributed by atoms with Gasteiger partial charge in [-0.2, -0.15) is 5.26 Å². The Morgan fingerprint density at radius 1 is 1.00 bits per heavy atom. The molecule has 1 unspecified atom stereocenters. The Hall–Kier alpha value is -2.78. The van der Waals surface area contributed by atoms with Crippen LogP contribution in [-0.2, 0) is 0 Å². The topological polar surface area (TPSA) is 61.6 Å². The van der Waals surface area contributed by atoms with Crippen LogP contribution >= 0.6 is 15.9 Å². The molecule has 118 valence electrons. The lowest BCUT2D eigenvalue weighted by Gasteiger charge is -2.20. The summed E-state index contributed by atoms with van der Waals surface area (Å²) in [5, 5.41) is 19.9. The normalized spacial score (nSPS) is 11.5. The van der Waals surface area contributed by atoms with Crippen LogP contribution in [0.3, 0.4) is 0 Å². The molecule has 0 fully saturated rings. The molecule has 4 nitrogen and oxygen atoms in total. The third-order valence-corrected chi connectivity index (χ3v) is 3.93. The van der Waals surface area contributed by atoms with E-state index in [4.69, 9.17) is 5.26 Å². The predicted molar refractivity (Wildman–Crippen MR) is 92.8 cm³/mol. The van der Waals surface area contributed by atoms with E-state index >= 15 is 0 Å². The highest BCUT2D eigenvalue weighted by molar-refractivity contribution is 9.10. The Labute approximate surface area is 147 Å². The van der Waals surface area contributed by atoms with Crippen LogP contribution in [0.2, 0.25) is 0 Å². The van der Waals surface area contributed by atoms with Gasteiger partial charge in [0.25, 0.3) is 0 Å². The average molecular weight is 383 g/mol. The molecule has 1 atom stereocenters. The van der Waals surface area contributed by atoms with E-state index in [0.29, 0.717) is 5.82 Å². The maximum Gasteiger partial charge on any atom is 0.163 e. The third kappa shape index (κ3) is 3.76. The zero-order chi connectivity index (χ0) is 16.9. The third-order valence-electron chi connectivity index (χ3n) is 3.44. The zero-order valence-electron chi connectivity index (χ0n) is 12.4. The minimum absolute atomic E-state index is 0.241. The first-order valence-electron chi connectivity index (χ1n) is 7.17. The van der Waals surface area contributed by atoms with Gasteiger partial charge < -0.3 is 5.32 Å². The standard InChI is InChI=1S/C18H12BrFN4/c19-14-5-1-3-12(9-14)18(13-4-2-6-15(20)10-13)22-17-8-7-16(11-21)23-24-17/h1-10,18H,(H,22,24). The summed E-state index contributed by atoms with van der Waals surface area (Å²) in [4.78, 5) is 0. The molecule has 1 N–H and O–H groups in total. The number of hydrogen-bond acceptors (Lipinski definition) is 4. The summed E-state index contributed by atoms with van der Waals surface area (Å²) in [5.41, 5.74) is 1.95. The number of aromatic nitrogens is 2. The molecule has 0 aliphatic rings. The number of halogens is 2. The minimum atomic E-state index is -0.305. The van der Waals surface area contributed by atoms with Gasteiger partial charge in [-0.05, 0) is 47.5 Å². The predicted octanol–water partition coefficient (Wildman–Crippen LogP) is 4.45. The van der Waals surface area contributed by atoms with Crippen molar-refractivity contribution in [3.05, 3.63) is 87.8 Å². The van der Waals surface area contributed by atoms with Crippen LogP contribution in [0.5, 0.6) is 0 Å². The van der Waals surface area contributed by atoms with Crippen molar-refractivity contribution in [2.75, 3.05) is 5.32 Å². The second kappa shape index (κ2) is 7.20. The van der Waals surface area contributed by atoms with Crippen molar-refractivity contribution < 1.29 is 4.39 Å². The maximum atomic E-state index is 13.7. The molecule has 3 rings (SSSR count). The first-order valence-corrected chi connectivity index (χ1v) is 7.96. The van der Waals surface area contributed by atoms with Gasteiger partial charge in [-0.3, -0.25) is 0 Å². The highest BCUT2D eigenvalue weighted by Crippen LogP contribution is 2.28. The van der Waals surface area contributed by atoms with Crippen LogP contribution in [0.1, 0.15) is 22.9 Å². The minimum Gasteiger partial charge on any atom is -0.358 e. The van der Waals surface area contributed by atoms with E-state index in [1.165, 1.54) is 12.1 Å². The van der Waals surface area contributed by atoms with E-state index in [1.807, 2.05) is 36.4 Å². The van der Waals surface area contributed by atoms with Gasteiger partial charge >= 0.3 is 0 Å². The number of benzene rings is 2. The van der Waals surface area contributed by atoms with Gasteiger partial charge in [-0.15, -0.1) is 10.2 Å². The molecule has 0 aliphatic carbocycles. The number of nitriles is 1. The molecule has 24 heavy (non-hydrogen) atoms. The second-order valence-electron chi connectivity index (χ2n) is 5.10. The van der Waals surface area contributed by atoms with E-state index in [2.05, 4.69) is 31.4 Å². The summed E-state index contributed by atoms with van der Waals surface area (Å²) >= 11 is 3.46. The van der Waals surface area contributed by atoms with Gasteiger partial charge in [-0.25, -0.2) is 4.39 Å². The Balaban J connectivity index is 1.99. The molecule has 6 heteroatoms. The van der Waals surface area contributed by atoms with Crippen molar-refractivity contribution in [3.8, 4) is 6.07 Å². The molecule has 0 saturated carbocycles. The summed E-state index contributed by atoms with van der Waals surface area (Å²) < 4.78 is 14.6. The Morgan fingerprint density at radius 3 is 2.38 bits per heavy atom. The van der Waals surface area contributed by atoms with Crippen molar-refractivity contribution in [1.29, 1.82) is 5.26 Å². The summed E-state index contributed by atoms with van der Waals surface area (Å²) in [5.74, 6) is 0.198. The quantitative estimate of drug-likeness (QED) is 0.723. The Morgan fingerprint density at radius 2 is 1.75 bits per heavy atom. The molecule has 0 amide bonds. The van der Waals surface area contributed by atoms with Crippen LogP contribution in [-0.4, -0.2) is 10.2 Å². The molecular formula is C18H12BrFN4. The number of rotatable bonds is 4. The van der Waals surface area contributed by atoms with E-state index in [9.17, 15) is 4.39 Å². The van der Waals surface area contributed by atoms with Crippen LogP contribution in [0.4, 0.5) is 10.2 Å². The molecule has 2 aromatic carbocycles. The van der Waals surface area contributed by atoms with Crippen molar-refractivity contribution in [2.45, 2.75) is 6.04 Å². The zero-order valence-corrected chi connectivity index (χ0v) is 14.0. The molecule has 1 heterocycles. The molecule has 1 aromatic heterocycles. The molecule has 0 spiro atoms. The second-order valence-corrected chi connectivity index (χ2v) is 6.02. The number of nitrogens with zero attached hydrogens (tertiary/aromatic N) is 3. The van der Waals surface area contributed by atoms with Gasteiger partial charge in [0.1, 0.15) is 17.7 Å². The van der Waals surface area contributed by atoms with Crippen LogP contribution in [0.15, 0.2) is 65.1 Å². The fourth-order valence-electron chi connectivity index (χ4n) is 2.35. The van der Waals surface area contributed by atoms with E-state index < -0.39 is 0 Å². The van der Waals surface area contributed by atoms with Gasteiger partial charge in [0.15, 0.2) is 5.69 Å². The highest BCUT2D eigenvalue weighted by atomic mass is 79.9. The molecule has 0 bridgehead atoms. The maximum absolute atomic E-state index is 13.7. The Kier molecular flexibility index (Phi) is 4.82. The fourth-order valence-corrected chi connectivity index (χ4v) is 2.77. The lowest BCUT2D eigenvalue weighted by atomic mass is 9.98. The SMILES string of the molecule is N#Cc1ccc(NC(c2cccc(F)c2)c2cccc(Br)c2)nn1. The summed E-state index contributed by atoms with van der Waals surface area (Å²) in [7, 11) is 0. The Bertz CT molecular complexity index is 845. The van der Waals surface area contributed by atoms with Gasteiger partial charge in [0.2, 0.25) is 0 Å². The van der Waals surface area contributed by atoms with Crippen molar-refractivity contribution in [3.63, 3.8) is 0 Å². The van der Waals surface area contributed by atoms with Crippen LogP contribution in [0.25, 0.3) is 0 Å². The fraction of sp³-hybridized carbons (Fsp3) is 0.0556. The molecule has 3 aromatic rings. The first kappa shape index (κ1) is 16.1. The number of anilines is 1. The van der Waals surface area contributed by atoms with E-state index in [1.54, 1.807) is 18.2 Å². The lowest BCUT2D eigenvalue weighted by molar-refractivity contribution is 0.624. The van der Waals surface area contributed by atoms with E-state index in [-0.39, 0.29) is 17.6 Å². The monoisotopic (exact) mass is 382 g/mol. The largest absolute Gasteiger partial charge is 0.358 e. The van der Waals surface area contributed by atoms with Crippen molar-refractivity contribution >= 4 is 21.7 Å². The number of nitrogens with one attached hydrogen (secondary N) is 1. The lowest BCUT2D eigenvalue weighted by Crippen LogP contribution is -2.14. The highest BCUT2D eigenvalue weighted by Gasteiger charge is 2.16. The van der Waals surface area contributed by atoms with Crippen molar-refractivity contribution in [2.24, 2.45) is 0 Å². The molecule has 0 aliphatic heterocycles. The van der Waals surface area contributed by atoms with Gasteiger partial charge in [0.05, 0.1) is 6.04 Å². The summed E-state index contributed by atoms with van der Waals surface area (Å²) in [6, 6.07) is 19.0. The van der Waals surface area contributed by atoms with Crippen LogP contribution in [0, 0.1) is 17.1 Å².